The number of ether oxygens (including phenoxy) is 2. The number of methoxy groups -OCH3 is 2. The van der Waals surface area contributed by atoms with Crippen LogP contribution in [-0.2, 0) is 14.3 Å². The number of amides is 1. The van der Waals surface area contributed by atoms with Crippen LogP contribution >= 0.6 is 0 Å². The van der Waals surface area contributed by atoms with Crippen molar-refractivity contribution in [1.29, 1.82) is 0 Å². The van der Waals surface area contributed by atoms with Gasteiger partial charge in [-0.2, -0.15) is 0 Å². The number of nitrogens with two attached hydrogens (primary N) is 2. The highest BCUT2D eigenvalue weighted by molar-refractivity contribution is 5.90. The van der Waals surface area contributed by atoms with E-state index in [0.29, 0.717) is 11.1 Å². The van der Waals surface area contributed by atoms with E-state index < -0.39 is 5.54 Å². The van der Waals surface area contributed by atoms with E-state index in [1.54, 1.807) is 36.4 Å². The van der Waals surface area contributed by atoms with Crippen LogP contribution in [0.3, 0.4) is 0 Å². The van der Waals surface area contributed by atoms with Crippen molar-refractivity contribution in [2.24, 2.45) is 11.5 Å². The van der Waals surface area contributed by atoms with E-state index in [4.69, 9.17) is 11.5 Å². The van der Waals surface area contributed by atoms with E-state index in [1.165, 1.54) is 14.2 Å². The minimum absolute atomic E-state index is 0.00769. The van der Waals surface area contributed by atoms with Gasteiger partial charge in [0.1, 0.15) is 0 Å². The Balaban J connectivity index is 0.000000244. The molecule has 3 rings (SSSR count). The predicted molar refractivity (Wildman–Crippen MR) is 121 cm³/mol. The Kier molecular flexibility index (Phi) is 8.51. The lowest BCUT2D eigenvalue weighted by atomic mass is 10.1. The van der Waals surface area contributed by atoms with Gasteiger partial charge in [0, 0.05) is 6.04 Å². The summed E-state index contributed by atoms with van der Waals surface area (Å²) in [6, 6.07) is 13.9. The molecule has 0 aliphatic heterocycles. The molecule has 1 amide bonds. The Morgan fingerprint density at radius 3 is 1.59 bits per heavy atom. The molecule has 0 aromatic heterocycles. The second-order valence-electron chi connectivity index (χ2n) is 7.87. The molecular formula is C24H31N3O5. The second-order valence-corrected chi connectivity index (χ2v) is 7.87. The summed E-state index contributed by atoms with van der Waals surface area (Å²) < 4.78 is 9.20. The lowest BCUT2D eigenvalue weighted by molar-refractivity contribution is -0.123. The smallest absolute Gasteiger partial charge is 0.337 e. The van der Waals surface area contributed by atoms with E-state index >= 15 is 0 Å². The summed E-state index contributed by atoms with van der Waals surface area (Å²) in [6.45, 7) is 3.78. The van der Waals surface area contributed by atoms with Crippen molar-refractivity contribution in [3.63, 3.8) is 0 Å². The maximum Gasteiger partial charge on any atom is 0.337 e. The number of carbonyl (C=O) groups is 3. The number of benzene rings is 2. The molecule has 2 aromatic carbocycles. The van der Waals surface area contributed by atoms with Gasteiger partial charge in [0.15, 0.2) is 0 Å². The molecule has 1 saturated carbocycles. The molecule has 2 aromatic rings. The van der Waals surface area contributed by atoms with E-state index in [0.717, 1.165) is 24.0 Å². The van der Waals surface area contributed by atoms with Crippen LogP contribution in [0.1, 0.15) is 70.6 Å². The van der Waals surface area contributed by atoms with Gasteiger partial charge in [0.25, 0.3) is 0 Å². The van der Waals surface area contributed by atoms with E-state index in [9.17, 15) is 14.4 Å². The first kappa shape index (κ1) is 25.0. The zero-order valence-corrected chi connectivity index (χ0v) is 18.9. The SMILES string of the molecule is COC(=O)c1ccc([C@@H](C)N)cc1.COC(=O)c1ccc([C@@H](C)NC(=O)C2(N)CC2)cc1. The molecule has 0 bridgehead atoms. The van der Waals surface area contributed by atoms with Gasteiger partial charge in [-0.05, 0) is 62.1 Å². The van der Waals surface area contributed by atoms with Crippen LogP contribution in [0.25, 0.3) is 0 Å². The van der Waals surface area contributed by atoms with Crippen molar-refractivity contribution in [2.45, 2.75) is 44.3 Å². The Bertz CT molecular complexity index is 935. The van der Waals surface area contributed by atoms with Gasteiger partial charge in [-0.25, -0.2) is 9.59 Å². The summed E-state index contributed by atoms with van der Waals surface area (Å²) in [5.74, 6) is -0.810. The monoisotopic (exact) mass is 441 g/mol. The van der Waals surface area contributed by atoms with Crippen molar-refractivity contribution in [3.05, 3.63) is 70.8 Å². The molecule has 32 heavy (non-hydrogen) atoms. The number of hydrogen-bond donors (Lipinski definition) is 3. The molecule has 0 radical (unpaired) electrons. The van der Waals surface area contributed by atoms with Crippen molar-refractivity contribution in [3.8, 4) is 0 Å². The molecule has 0 unspecified atom stereocenters. The molecule has 172 valence electrons. The summed E-state index contributed by atoms with van der Waals surface area (Å²) in [7, 11) is 2.71. The molecule has 2 atom stereocenters. The average Bonchev–Trinajstić information content (AvgIpc) is 3.57. The number of hydrogen-bond acceptors (Lipinski definition) is 7. The van der Waals surface area contributed by atoms with Crippen LogP contribution in [0.15, 0.2) is 48.5 Å². The first-order valence-corrected chi connectivity index (χ1v) is 10.3. The molecule has 0 spiro atoms. The fourth-order valence-corrected chi connectivity index (χ4v) is 2.85. The van der Waals surface area contributed by atoms with Gasteiger partial charge < -0.3 is 26.3 Å². The van der Waals surface area contributed by atoms with Crippen LogP contribution in [0.5, 0.6) is 0 Å². The van der Waals surface area contributed by atoms with Gasteiger partial charge in [-0.1, -0.05) is 24.3 Å². The summed E-state index contributed by atoms with van der Waals surface area (Å²) in [4.78, 5) is 34.2. The van der Waals surface area contributed by atoms with Crippen LogP contribution in [0.2, 0.25) is 0 Å². The second kappa shape index (κ2) is 10.9. The molecule has 5 N–H and O–H groups in total. The Morgan fingerprint density at radius 2 is 1.25 bits per heavy atom. The molecule has 1 aliphatic rings. The van der Waals surface area contributed by atoms with Gasteiger partial charge >= 0.3 is 11.9 Å². The standard InChI is InChI=1S/C14H18N2O3.C10H13NO2/c1-9(16-13(18)14(15)7-8-14)10-3-5-11(6-4-10)12(17)19-2;1-7(11)8-3-5-9(6-4-8)10(12)13-2/h3-6,9H,7-8,15H2,1-2H3,(H,16,18);3-7H,11H2,1-2H3/t9-;7-/m11/s1. The van der Waals surface area contributed by atoms with Gasteiger partial charge in [0.05, 0.1) is 36.9 Å². The molecule has 1 aliphatic carbocycles. The first-order chi connectivity index (χ1) is 15.1. The Morgan fingerprint density at radius 1 is 0.844 bits per heavy atom. The molecule has 0 heterocycles. The molecule has 0 saturated heterocycles. The molecular weight excluding hydrogens is 410 g/mol. The van der Waals surface area contributed by atoms with Crippen molar-refractivity contribution in [1.82, 2.24) is 5.32 Å². The summed E-state index contributed by atoms with van der Waals surface area (Å²) in [5, 5.41) is 2.88. The van der Waals surface area contributed by atoms with Crippen LogP contribution in [0.4, 0.5) is 0 Å². The number of nitrogens with one attached hydrogen (secondary N) is 1. The van der Waals surface area contributed by atoms with E-state index in [2.05, 4.69) is 14.8 Å². The van der Waals surface area contributed by atoms with Crippen LogP contribution in [-0.4, -0.2) is 37.6 Å². The summed E-state index contributed by atoms with van der Waals surface area (Å²) in [5.41, 5.74) is 13.8. The van der Waals surface area contributed by atoms with Crippen molar-refractivity contribution in [2.75, 3.05) is 14.2 Å². The van der Waals surface area contributed by atoms with Crippen molar-refractivity contribution < 1.29 is 23.9 Å². The highest BCUT2D eigenvalue weighted by Crippen LogP contribution is 2.32. The Hall–Kier alpha value is -3.23. The minimum Gasteiger partial charge on any atom is -0.465 e. The summed E-state index contributed by atoms with van der Waals surface area (Å²) in [6.07, 6.45) is 1.49. The van der Waals surface area contributed by atoms with Gasteiger partial charge in [-0.3, -0.25) is 4.79 Å². The van der Waals surface area contributed by atoms with E-state index in [-0.39, 0.29) is 29.9 Å². The van der Waals surface area contributed by atoms with Crippen molar-refractivity contribution >= 4 is 17.8 Å². The average molecular weight is 442 g/mol. The fourth-order valence-electron chi connectivity index (χ4n) is 2.85. The number of esters is 2. The summed E-state index contributed by atoms with van der Waals surface area (Å²) >= 11 is 0. The van der Waals surface area contributed by atoms with Crippen LogP contribution in [0, 0.1) is 0 Å². The van der Waals surface area contributed by atoms with Crippen LogP contribution < -0.4 is 16.8 Å². The first-order valence-electron chi connectivity index (χ1n) is 10.3. The number of carbonyl (C=O) groups excluding carboxylic acids is 3. The third-order valence-corrected chi connectivity index (χ3v) is 5.28. The number of rotatable bonds is 6. The fraction of sp³-hybridized carbons (Fsp3) is 0.375. The third-order valence-electron chi connectivity index (χ3n) is 5.28. The zero-order valence-electron chi connectivity index (χ0n) is 18.9. The normalized spacial score (nSPS) is 15.3. The largest absolute Gasteiger partial charge is 0.465 e. The van der Waals surface area contributed by atoms with Gasteiger partial charge in [0.2, 0.25) is 5.91 Å². The third kappa shape index (κ3) is 6.63. The quantitative estimate of drug-likeness (QED) is 0.587. The maximum absolute atomic E-state index is 11.8. The lowest BCUT2D eigenvalue weighted by Crippen LogP contribution is -2.43. The highest BCUT2D eigenvalue weighted by Gasteiger charge is 2.46. The Labute approximate surface area is 188 Å². The maximum atomic E-state index is 11.8. The zero-order chi connectivity index (χ0) is 23.9. The molecule has 8 nitrogen and oxygen atoms in total. The topological polar surface area (TPSA) is 134 Å². The minimum atomic E-state index is -0.666. The predicted octanol–water partition coefficient (Wildman–Crippen LogP) is 2.63. The van der Waals surface area contributed by atoms with Gasteiger partial charge in [-0.15, -0.1) is 0 Å². The lowest BCUT2D eigenvalue weighted by Gasteiger charge is -2.17. The molecule has 8 heteroatoms. The molecule has 1 fully saturated rings. The van der Waals surface area contributed by atoms with E-state index in [1.807, 2.05) is 26.0 Å². The highest BCUT2D eigenvalue weighted by atomic mass is 16.5.